The van der Waals surface area contributed by atoms with E-state index in [1.807, 2.05) is 13.8 Å². The summed E-state index contributed by atoms with van der Waals surface area (Å²) in [6, 6.07) is 0. The molecule has 2 aliphatic rings. The molecule has 0 bridgehead atoms. The molecular weight excluding hydrogens is 280 g/mol. The van der Waals surface area contributed by atoms with Crippen LogP contribution in [0.2, 0.25) is 0 Å². The lowest BCUT2D eigenvalue weighted by Crippen LogP contribution is -2.48. The lowest BCUT2D eigenvalue weighted by molar-refractivity contribution is -0.140. The highest BCUT2D eigenvalue weighted by Crippen LogP contribution is 2.42. The molecule has 2 unspecified atom stereocenters. The highest BCUT2D eigenvalue weighted by molar-refractivity contribution is 7.89. The zero-order valence-corrected chi connectivity index (χ0v) is 13.2. The fraction of sp³-hybridized carbons (Fsp3) is 0.923. The van der Waals surface area contributed by atoms with Crippen molar-refractivity contribution in [1.29, 1.82) is 0 Å². The number of hydrogen-bond donors (Lipinski definition) is 1. The molecule has 0 spiro atoms. The molecule has 0 amide bonds. The molecule has 7 heteroatoms. The van der Waals surface area contributed by atoms with Gasteiger partial charge in [0, 0.05) is 25.0 Å². The average molecular weight is 304 g/mol. The highest BCUT2D eigenvalue weighted by Gasteiger charge is 2.53. The van der Waals surface area contributed by atoms with Crippen LogP contribution < -0.4 is 5.32 Å². The Balaban J connectivity index is 2.01. The minimum absolute atomic E-state index is 0.0123. The molecule has 0 aliphatic carbocycles. The van der Waals surface area contributed by atoms with Crippen LogP contribution in [-0.4, -0.2) is 56.7 Å². The zero-order chi connectivity index (χ0) is 15.0. The molecule has 2 saturated heterocycles. The van der Waals surface area contributed by atoms with Gasteiger partial charge in [-0.05, 0) is 38.6 Å². The molecular formula is C13H24N2O4S. The third kappa shape index (κ3) is 2.84. The van der Waals surface area contributed by atoms with Gasteiger partial charge < -0.3 is 10.1 Å². The van der Waals surface area contributed by atoms with E-state index in [2.05, 4.69) is 10.1 Å². The topological polar surface area (TPSA) is 75.7 Å². The fourth-order valence-electron chi connectivity index (χ4n) is 3.47. The summed E-state index contributed by atoms with van der Waals surface area (Å²) in [6.45, 7) is 6.37. The largest absolute Gasteiger partial charge is 0.469 e. The Morgan fingerprint density at radius 1 is 1.40 bits per heavy atom. The molecule has 2 heterocycles. The Morgan fingerprint density at radius 3 is 2.70 bits per heavy atom. The van der Waals surface area contributed by atoms with Crippen molar-refractivity contribution >= 4 is 16.0 Å². The summed E-state index contributed by atoms with van der Waals surface area (Å²) in [6.07, 6.45) is 0.466. The van der Waals surface area contributed by atoms with Crippen LogP contribution in [0.15, 0.2) is 0 Å². The number of esters is 1. The number of hydrogen-bond acceptors (Lipinski definition) is 5. The van der Waals surface area contributed by atoms with Crippen LogP contribution in [0.4, 0.5) is 0 Å². The lowest BCUT2D eigenvalue weighted by atomic mass is 9.85. The van der Waals surface area contributed by atoms with Crippen molar-refractivity contribution in [1.82, 2.24) is 9.62 Å². The minimum Gasteiger partial charge on any atom is -0.469 e. The smallest absolute Gasteiger partial charge is 0.305 e. The van der Waals surface area contributed by atoms with Crippen molar-refractivity contribution in [2.45, 2.75) is 32.2 Å². The van der Waals surface area contributed by atoms with E-state index in [1.165, 1.54) is 7.11 Å². The highest BCUT2D eigenvalue weighted by atomic mass is 32.2. The average Bonchev–Trinajstić information content (AvgIpc) is 2.91. The summed E-state index contributed by atoms with van der Waals surface area (Å²) in [5.74, 6) is 0.429. The lowest BCUT2D eigenvalue weighted by Gasteiger charge is -2.34. The first kappa shape index (κ1) is 15.7. The number of nitrogens with one attached hydrogen (secondary N) is 1. The van der Waals surface area contributed by atoms with Gasteiger partial charge in [0.05, 0.1) is 12.9 Å². The van der Waals surface area contributed by atoms with Crippen molar-refractivity contribution in [3.63, 3.8) is 0 Å². The van der Waals surface area contributed by atoms with Gasteiger partial charge in [-0.25, -0.2) is 8.42 Å². The molecule has 0 saturated carbocycles. The fourth-order valence-corrected chi connectivity index (χ4v) is 5.47. The predicted octanol–water partition coefficient (Wildman–Crippen LogP) is 0.199. The molecule has 2 fully saturated rings. The van der Waals surface area contributed by atoms with Gasteiger partial charge in [-0.1, -0.05) is 0 Å². The first-order valence-electron chi connectivity index (χ1n) is 7.07. The molecule has 0 radical (unpaired) electrons. The van der Waals surface area contributed by atoms with E-state index >= 15 is 0 Å². The predicted molar refractivity (Wildman–Crippen MR) is 75.7 cm³/mol. The van der Waals surface area contributed by atoms with Gasteiger partial charge in [0.25, 0.3) is 0 Å². The van der Waals surface area contributed by atoms with E-state index in [0.29, 0.717) is 24.8 Å². The Labute approximate surface area is 120 Å². The second-order valence-corrected chi connectivity index (χ2v) is 8.22. The molecule has 1 N–H and O–H groups in total. The standard InChI is InChI=1S/C13H24N2O4S/c1-13(2)11-8-14-7-10(11)9-15(13)20(17,18)6-4-5-12(16)19-3/h10-11,14H,4-9H2,1-3H3. The van der Waals surface area contributed by atoms with E-state index in [-0.39, 0.29) is 23.7 Å². The number of carbonyl (C=O) groups is 1. The van der Waals surface area contributed by atoms with Crippen LogP contribution in [0.25, 0.3) is 0 Å². The number of rotatable bonds is 5. The monoisotopic (exact) mass is 304 g/mol. The maximum Gasteiger partial charge on any atom is 0.305 e. The number of carbonyl (C=O) groups excluding carboxylic acids is 1. The summed E-state index contributed by atoms with van der Waals surface area (Å²) in [7, 11) is -2.00. The minimum atomic E-state index is -3.32. The van der Waals surface area contributed by atoms with Gasteiger partial charge in [0.1, 0.15) is 0 Å². The molecule has 0 aromatic carbocycles. The van der Waals surface area contributed by atoms with Crippen LogP contribution in [0, 0.1) is 11.8 Å². The van der Waals surface area contributed by atoms with E-state index in [0.717, 1.165) is 13.1 Å². The van der Waals surface area contributed by atoms with Crippen LogP contribution in [0.3, 0.4) is 0 Å². The normalized spacial score (nSPS) is 29.4. The molecule has 0 aromatic heterocycles. The van der Waals surface area contributed by atoms with Gasteiger partial charge in [-0.15, -0.1) is 0 Å². The Bertz CT molecular complexity index is 475. The van der Waals surface area contributed by atoms with Crippen molar-refractivity contribution in [3.05, 3.63) is 0 Å². The van der Waals surface area contributed by atoms with Gasteiger partial charge in [-0.3, -0.25) is 4.79 Å². The molecule has 2 atom stereocenters. The molecule has 0 aromatic rings. The van der Waals surface area contributed by atoms with E-state index in [9.17, 15) is 13.2 Å². The maximum absolute atomic E-state index is 12.5. The third-order valence-corrected chi connectivity index (χ3v) is 6.73. The van der Waals surface area contributed by atoms with Crippen molar-refractivity contribution in [2.75, 3.05) is 32.5 Å². The number of methoxy groups -OCH3 is 1. The van der Waals surface area contributed by atoms with Crippen LogP contribution in [-0.2, 0) is 19.6 Å². The van der Waals surface area contributed by atoms with Crippen molar-refractivity contribution in [3.8, 4) is 0 Å². The quantitative estimate of drug-likeness (QED) is 0.734. The Morgan fingerprint density at radius 2 is 2.10 bits per heavy atom. The van der Waals surface area contributed by atoms with Crippen LogP contribution in [0.5, 0.6) is 0 Å². The van der Waals surface area contributed by atoms with Crippen molar-refractivity contribution in [2.24, 2.45) is 11.8 Å². The number of sulfonamides is 1. The molecule has 2 rings (SSSR count). The maximum atomic E-state index is 12.5. The summed E-state index contributed by atoms with van der Waals surface area (Å²) < 4.78 is 31.2. The van der Waals surface area contributed by atoms with Gasteiger partial charge in [0.15, 0.2) is 0 Å². The Kier molecular flexibility index (Phi) is 4.41. The third-order valence-electron chi connectivity index (χ3n) is 4.64. The van der Waals surface area contributed by atoms with E-state index < -0.39 is 10.0 Å². The second kappa shape index (κ2) is 5.61. The summed E-state index contributed by atoms with van der Waals surface area (Å²) >= 11 is 0. The van der Waals surface area contributed by atoms with Gasteiger partial charge in [0.2, 0.25) is 10.0 Å². The van der Waals surface area contributed by atoms with Crippen molar-refractivity contribution < 1.29 is 17.9 Å². The van der Waals surface area contributed by atoms with Gasteiger partial charge in [-0.2, -0.15) is 4.31 Å². The second-order valence-electron chi connectivity index (χ2n) is 6.21. The molecule has 2 aliphatic heterocycles. The number of nitrogens with zero attached hydrogens (tertiary/aromatic N) is 1. The first-order valence-corrected chi connectivity index (χ1v) is 8.68. The zero-order valence-electron chi connectivity index (χ0n) is 12.4. The summed E-state index contributed by atoms with van der Waals surface area (Å²) in [4.78, 5) is 11.1. The van der Waals surface area contributed by atoms with E-state index in [1.54, 1.807) is 4.31 Å². The summed E-state index contributed by atoms with van der Waals surface area (Å²) in [5.41, 5.74) is -0.349. The molecule has 20 heavy (non-hydrogen) atoms. The number of fused-ring (bicyclic) bond motifs is 1. The Hall–Kier alpha value is -0.660. The van der Waals surface area contributed by atoms with Gasteiger partial charge >= 0.3 is 5.97 Å². The SMILES string of the molecule is COC(=O)CCCS(=O)(=O)N1CC2CNCC2C1(C)C. The summed E-state index contributed by atoms with van der Waals surface area (Å²) in [5, 5.41) is 3.33. The van der Waals surface area contributed by atoms with Crippen LogP contribution >= 0.6 is 0 Å². The number of ether oxygens (including phenoxy) is 1. The van der Waals surface area contributed by atoms with E-state index in [4.69, 9.17) is 0 Å². The van der Waals surface area contributed by atoms with Crippen LogP contribution in [0.1, 0.15) is 26.7 Å². The first-order chi connectivity index (χ1) is 9.29. The molecule has 6 nitrogen and oxygen atoms in total. The molecule has 116 valence electrons.